The minimum absolute atomic E-state index is 0.362. The fourth-order valence-corrected chi connectivity index (χ4v) is 2.07. The number of nitrogens with two attached hydrogens (primary N) is 1. The number of methoxy groups -OCH3 is 1. The Morgan fingerprint density at radius 3 is 2.56 bits per heavy atom. The molecule has 0 saturated heterocycles. The largest absolute Gasteiger partial charge is 0.497 e. The van der Waals surface area contributed by atoms with Gasteiger partial charge in [0.2, 0.25) is 0 Å². The molecule has 0 radical (unpaired) electrons. The summed E-state index contributed by atoms with van der Waals surface area (Å²) in [7, 11) is 1.67. The van der Waals surface area contributed by atoms with Crippen molar-refractivity contribution in [2.24, 2.45) is 5.73 Å². The molecule has 3 nitrogen and oxygen atoms in total. The third kappa shape index (κ3) is 3.14. The van der Waals surface area contributed by atoms with Crippen LogP contribution in [0.5, 0.6) is 5.75 Å². The molecule has 2 aromatic rings. The lowest BCUT2D eigenvalue weighted by Crippen LogP contribution is -2.13. The van der Waals surface area contributed by atoms with Crippen molar-refractivity contribution < 1.29 is 9.15 Å². The van der Waals surface area contributed by atoms with Crippen molar-refractivity contribution in [2.45, 2.75) is 18.8 Å². The van der Waals surface area contributed by atoms with Gasteiger partial charge in [0.1, 0.15) is 11.5 Å². The quantitative estimate of drug-likeness (QED) is 0.851. The van der Waals surface area contributed by atoms with Crippen molar-refractivity contribution in [3.63, 3.8) is 0 Å². The van der Waals surface area contributed by atoms with Gasteiger partial charge in [-0.25, -0.2) is 0 Å². The van der Waals surface area contributed by atoms with E-state index < -0.39 is 0 Å². The monoisotopic (exact) mass is 245 g/mol. The van der Waals surface area contributed by atoms with Crippen molar-refractivity contribution in [2.75, 3.05) is 13.7 Å². The van der Waals surface area contributed by atoms with Crippen LogP contribution < -0.4 is 10.5 Å². The molecule has 1 aromatic heterocycles. The van der Waals surface area contributed by atoms with Crippen LogP contribution in [0.25, 0.3) is 0 Å². The predicted octanol–water partition coefficient (Wildman–Crippen LogP) is 2.96. The number of hydrogen-bond donors (Lipinski definition) is 1. The van der Waals surface area contributed by atoms with Crippen molar-refractivity contribution in [3.8, 4) is 5.75 Å². The molecule has 0 saturated carbocycles. The zero-order chi connectivity index (χ0) is 12.8. The summed E-state index contributed by atoms with van der Waals surface area (Å²) in [6, 6.07) is 12.0. The van der Waals surface area contributed by atoms with Crippen LogP contribution in [0.2, 0.25) is 0 Å². The minimum Gasteiger partial charge on any atom is -0.497 e. The molecule has 96 valence electrons. The Labute approximate surface area is 108 Å². The summed E-state index contributed by atoms with van der Waals surface area (Å²) in [6.07, 6.45) is 3.62. The first kappa shape index (κ1) is 12.7. The number of benzene rings is 1. The Balaban J connectivity index is 1.98. The molecule has 0 bridgehead atoms. The lowest BCUT2D eigenvalue weighted by atomic mass is 9.94. The van der Waals surface area contributed by atoms with Gasteiger partial charge in [0.25, 0.3) is 0 Å². The van der Waals surface area contributed by atoms with E-state index >= 15 is 0 Å². The second kappa shape index (κ2) is 6.26. The molecule has 2 N–H and O–H groups in total. The van der Waals surface area contributed by atoms with E-state index in [1.54, 1.807) is 13.4 Å². The maximum atomic E-state index is 5.85. The molecule has 1 atom stereocenters. The topological polar surface area (TPSA) is 48.4 Å². The van der Waals surface area contributed by atoms with E-state index in [0.717, 1.165) is 24.4 Å². The van der Waals surface area contributed by atoms with E-state index in [4.69, 9.17) is 14.9 Å². The van der Waals surface area contributed by atoms with Gasteiger partial charge in [-0.05, 0) is 48.7 Å². The maximum Gasteiger partial charge on any atom is 0.118 e. The summed E-state index contributed by atoms with van der Waals surface area (Å²) in [5.41, 5.74) is 7.11. The molecule has 18 heavy (non-hydrogen) atoms. The first-order valence-corrected chi connectivity index (χ1v) is 6.20. The van der Waals surface area contributed by atoms with Crippen LogP contribution in [-0.4, -0.2) is 13.7 Å². The average Bonchev–Trinajstić information content (AvgIpc) is 2.93. The molecule has 3 heteroatoms. The lowest BCUT2D eigenvalue weighted by molar-refractivity contribution is 0.414. The number of furan rings is 1. The van der Waals surface area contributed by atoms with Crippen molar-refractivity contribution in [1.82, 2.24) is 0 Å². The number of hydrogen-bond acceptors (Lipinski definition) is 3. The van der Waals surface area contributed by atoms with Gasteiger partial charge >= 0.3 is 0 Å². The molecule has 2 rings (SSSR count). The number of rotatable bonds is 6. The second-order valence-corrected chi connectivity index (χ2v) is 4.32. The third-order valence-corrected chi connectivity index (χ3v) is 3.19. The highest BCUT2D eigenvalue weighted by molar-refractivity contribution is 5.29. The van der Waals surface area contributed by atoms with E-state index in [-0.39, 0.29) is 0 Å². The molecule has 0 aliphatic rings. The van der Waals surface area contributed by atoms with Gasteiger partial charge in [-0.3, -0.25) is 0 Å². The zero-order valence-electron chi connectivity index (χ0n) is 10.6. The van der Waals surface area contributed by atoms with Crippen LogP contribution in [0.3, 0.4) is 0 Å². The van der Waals surface area contributed by atoms with Crippen LogP contribution in [-0.2, 0) is 6.42 Å². The van der Waals surface area contributed by atoms with E-state index in [1.807, 2.05) is 24.3 Å². The summed E-state index contributed by atoms with van der Waals surface area (Å²) >= 11 is 0. The standard InChI is InChI=1S/C15H19NO2/c1-17-14-7-4-12(5-8-14)13(11-16)6-9-15-3-2-10-18-15/h2-5,7-8,10,13H,6,9,11,16H2,1H3. The normalized spacial score (nSPS) is 12.3. The molecule has 1 aromatic carbocycles. The fraction of sp³-hybridized carbons (Fsp3) is 0.333. The Kier molecular flexibility index (Phi) is 4.42. The van der Waals surface area contributed by atoms with Crippen LogP contribution in [0.4, 0.5) is 0 Å². The van der Waals surface area contributed by atoms with E-state index in [2.05, 4.69) is 12.1 Å². The Morgan fingerprint density at radius 2 is 2.00 bits per heavy atom. The van der Waals surface area contributed by atoms with E-state index in [0.29, 0.717) is 12.5 Å². The molecule has 0 aliphatic heterocycles. The number of ether oxygens (including phenoxy) is 1. The highest BCUT2D eigenvalue weighted by Crippen LogP contribution is 2.23. The molecule has 0 amide bonds. The van der Waals surface area contributed by atoms with Crippen molar-refractivity contribution in [1.29, 1.82) is 0 Å². The van der Waals surface area contributed by atoms with Crippen LogP contribution in [0.1, 0.15) is 23.7 Å². The van der Waals surface area contributed by atoms with Crippen LogP contribution in [0, 0.1) is 0 Å². The van der Waals surface area contributed by atoms with E-state index in [9.17, 15) is 0 Å². The summed E-state index contributed by atoms with van der Waals surface area (Å²) < 4.78 is 10.5. The first-order chi connectivity index (χ1) is 8.83. The van der Waals surface area contributed by atoms with Crippen LogP contribution in [0.15, 0.2) is 47.1 Å². The highest BCUT2D eigenvalue weighted by Gasteiger charge is 2.10. The van der Waals surface area contributed by atoms with Crippen LogP contribution >= 0.6 is 0 Å². The van der Waals surface area contributed by atoms with Crippen molar-refractivity contribution >= 4 is 0 Å². The molecular formula is C15H19NO2. The summed E-state index contributed by atoms with van der Waals surface area (Å²) in [5, 5.41) is 0. The Hall–Kier alpha value is -1.74. The predicted molar refractivity (Wildman–Crippen MR) is 71.8 cm³/mol. The summed E-state index contributed by atoms with van der Waals surface area (Å²) in [4.78, 5) is 0. The molecular weight excluding hydrogens is 226 g/mol. The maximum absolute atomic E-state index is 5.85. The molecule has 1 heterocycles. The van der Waals surface area contributed by atoms with Crippen molar-refractivity contribution in [3.05, 3.63) is 54.0 Å². The number of aryl methyl sites for hydroxylation is 1. The molecule has 0 aliphatic carbocycles. The lowest BCUT2D eigenvalue weighted by Gasteiger charge is -2.14. The molecule has 0 spiro atoms. The van der Waals surface area contributed by atoms with E-state index in [1.165, 1.54) is 5.56 Å². The van der Waals surface area contributed by atoms with Gasteiger partial charge in [-0.2, -0.15) is 0 Å². The molecule has 0 fully saturated rings. The van der Waals surface area contributed by atoms with Gasteiger partial charge in [0, 0.05) is 6.42 Å². The van der Waals surface area contributed by atoms with Gasteiger partial charge < -0.3 is 14.9 Å². The van der Waals surface area contributed by atoms with Gasteiger partial charge in [-0.1, -0.05) is 12.1 Å². The minimum atomic E-state index is 0.362. The summed E-state index contributed by atoms with van der Waals surface area (Å²) in [6.45, 7) is 0.646. The first-order valence-electron chi connectivity index (χ1n) is 6.20. The van der Waals surface area contributed by atoms with Gasteiger partial charge in [0.15, 0.2) is 0 Å². The SMILES string of the molecule is COc1ccc(C(CN)CCc2ccco2)cc1. The van der Waals surface area contributed by atoms with Gasteiger partial charge in [-0.15, -0.1) is 0 Å². The smallest absolute Gasteiger partial charge is 0.118 e. The Morgan fingerprint density at radius 1 is 1.22 bits per heavy atom. The third-order valence-electron chi connectivity index (χ3n) is 3.19. The highest BCUT2D eigenvalue weighted by atomic mass is 16.5. The van der Waals surface area contributed by atoms with Gasteiger partial charge in [0.05, 0.1) is 13.4 Å². The summed E-state index contributed by atoms with van der Waals surface area (Å²) in [5.74, 6) is 2.25. The Bertz CT molecular complexity index is 448. The zero-order valence-corrected chi connectivity index (χ0v) is 10.6. The second-order valence-electron chi connectivity index (χ2n) is 4.32. The average molecular weight is 245 g/mol. The molecule has 1 unspecified atom stereocenters. The fourth-order valence-electron chi connectivity index (χ4n) is 2.07.